The summed E-state index contributed by atoms with van der Waals surface area (Å²) in [5.41, 5.74) is 2.73. The molecule has 1 aromatic carbocycles. The molecular formula is C16H22N2. The molecule has 1 aliphatic heterocycles. The van der Waals surface area contributed by atoms with Crippen LogP contribution in [0.3, 0.4) is 0 Å². The molecular weight excluding hydrogens is 220 g/mol. The fraction of sp³-hybridized carbons (Fsp3) is 0.562. The number of nitriles is 1. The highest BCUT2D eigenvalue weighted by molar-refractivity contribution is 5.28. The number of aryl methyl sites for hydroxylation is 1. The van der Waals surface area contributed by atoms with Crippen LogP contribution in [-0.2, 0) is 0 Å². The molecule has 1 saturated heterocycles. The van der Waals surface area contributed by atoms with Crippen LogP contribution >= 0.6 is 0 Å². The van der Waals surface area contributed by atoms with Crippen molar-refractivity contribution in [3.63, 3.8) is 0 Å². The molecule has 18 heavy (non-hydrogen) atoms. The van der Waals surface area contributed by atoms with E-state index in [1.54, 1.807) is 0 Å². The summed E-state index contributed by atoms with van der Waals surface area (Å²) in [4.78, 5) is 2.42. The molecule has 2 heteroatoms. The topological polar surface area (TPSA) is 27.0 Å². The van der Waals surface area contributed by atoms with E-state index in [0.717, 1.165) is 13.1 Å². The standard InChI is InChI=1S/C16H22N2/c1-12-5-7-13(8-6-12)15-11-18(16(2,3)4)10-14(15)9-17/h5-8,14-15H,10-11H2,1-4H3/t14-,15+/m1/s1. The van der Waals surface area contributed by atoms with E-state index in [1.807, 2.05) is 0 Å². The zero-order chi connectivity index (χ0) is 13.3. The van der Waals surface area contributed by atoms with E-state index in [9.17, 15) is 5.26 Å². The fourth-order valence-corrected chi connectivity index (χ4v) is 2.63. The Bertz CT molecular complexity index is 447. The first-order chi connectivity index (χ1) is 8.41. The molecule has 2 atom stereocenters. The molecule has 96 valence electrons. The van der Waals surface area contributed by atoms with Gasteiger partial charge in [-0.1, -0.05) is 29.8 Å². The largest absolute Gasteiger partial charge is 0.297 e. The smallest absolute Gasteiger partial charge is 0.0676 e. The van der Waals surface area contributed by atoms with Gasteiger partial charge in [-0.25, -0.2) is 0 Å². The Morgan fingerprint density at radius 3 is 2.28 bits per heavy atom. The summed E-state index contributed by atoms with van der Waals surface area (Å²) in [6.07, 6.45) is 0. The van der Waals surface area contributed by atoms with Gasteiger partial charge in [0.1, 0.15) is 0 Å². The second-order valence-electron chi connectivity index (χ2n) is 6.33. The van der Waals surface area contributed by atoms with Crippen molar-refractivity contribution in [1.82, 2.24) is 4.90 Å². The van der Waals surface area contributed by atoms with Gasteiger partial charge in [-0.05, 0) is 33.3 Å². The van der Waals surface area contributed by atoms with Crippen LogP contribution in [0.2, 0.25) is 0 Å². The van der Waals surface area contributed by atoms with Crippen LogP contribution in [-0.4, -0.2) is 23.5 Å². The van der Waals surface area contributed by atoms with E-state index in [2.05, 4.69) is 62.9 Å². The van der Waals surface area contributed by atoms with Gasteiger partial charge < -0.3 is 0 Å². The third kappa shape index (κ3) is 2.57. The molecule has 2 nitrogen and oxygen atoms in total. The lowest BCUT2D eigenvalue weighted by Gasteiger charge is -2.31. The summed E-state index contributed by atoms with van der Waals surface area (Å²) in [7, 11) is 0. The lowest BCUT2D eigenvalue weighted by atomic mass is 9.89. The Hall–Kier alpha value is -1.33. The number of likely N-dealkylation sites (tertiary alicyclic amines) is 1. The number of hydrogen-bond donors (Lipinski definition) is 0. The molecule has 0 amide bonds. The molecule has 0 unspecified atom stereocenters. The molecule has 2 rings (SSSR count). The molecule has 1 fully saturated rings. The van der Waals surface area contributed by atoms with Crippen molar-refractivity contribution in [2.75, 3.05) is 13.1 Å². The van der Waals surface area contributed by atoms with E-state index < -0.39 is 0 Å². The normalized spacial score (nSPS) is 25.1. The lowest BCUT2D eigenvalue weighted by Crippen LogP contribution is -2.39. The monoisotopic (exact) mass is 242 g/mol. The van der Waals surface area contributed by atoms with E-state index in [1.165, 1.54) is 11.1 Å². The van der Waals surface area contributed by atoms with Crippen molar-refractivity contribution in [3.05, 3.63) is 35.4 Å². The predicted molar refractivity (Wildman–Crippen MR) is 74.3 cm³/mol. The molecule has 1 aliphatic rings. The van der Waals surface area contributed by atoms with Gasteiger partial charge in [0, 0.05) is 24.5 Å². The molecule has 1 aromatic rings. The minimum absolute atomic E-state index is 0.118. The van der Waals surface area contributed by atoms with Crippen molar-refractivity contribution in [2.45, 2.75) is 39.2 Å². The van der Waals surface area contributed by atoms with Gasteiger partial charge in [-0.15, -0.1) is 0 Å². The zero-order valence-corrected chi connectivity index (χ0v) is 11.8. The average Bonchev–Trinajstić information content (AvgIpc) is 2.73. The highest BCUT2D eigenvalue weighted by Crippen LogP contribution is 2.35. The van der Waals surface area contributed by atoms with Gasteiger partial charge in [0.15, 0.2) is 0 Å². The first-order valence-corrected chi connectivity index (χ1v) is 6.63. The number of benzene rings is 1. The molecule has 0 N–H and O–H groups in total. The van der Waals surface area contributed by atoms with Gasteiger partial charge in [-0.3, -0.25) is 4.90 Å². The van der Waals surface area contributed by atoms with Gasteiger partial charge in [0.2, 0.25) is 0 Å². The quantitative estimate of drug-likeness (QED) is 0.755. The first kappa shape index (κ1) is 13.1. The molecule has 0 spiro atoms. The highest BCUT2D eigenvalue weighted by Gasteiger charge is 2.38. The minimum atomic E-state index is 0.118. The number of nitrogens with zero attached hydrogens (tertiary/aromatic N) is 2. The van der Waals surface area contributed by atoms with Crippen LogP contribution in [0.15, 0.2) is 24.3 Å². The van der Waals surface area contributed by atoms with Gasteiger partial charge >= 0.3 is 0 Å². The third-order valence-corrected chi connectivity index (χ3v) is 3.94. The molecule has 1 heterocycles. The lowest BCUT2D eigenvalue weighted by molar-refractivity contribution is 0.170. The van der Waals surface area contributed by atoms with Crippen molar-refractivity contribution in [1.29, 1.82) is 5.26 Å². The second kappa shape index (κ2) is 4.74. The van der Waals surface area contributed by atoms with Crippen molar-refractivity contribution < 1.29 is 0 Å². The average molecular weight is 242 g/mol. The molecule has 0 radical (unpaired) electrons. The first-order valence-electron chi connectivity index (χ1n) is 6.63. The summed E-state index contributed by atoms with van der Waals surface area (Å²) in [5, 5.41) is 9.36. The summed E-state index contributed by atoms with van der Waals surface area (Å²) < 4.78 is 0. The SMILES string of the molecule is Cc1ccc([C@@H]2CN(C(C)(C)C)C[C@H]2C#N)cc1. The van der Waals surface area contributed by atoms with Gasteiger partial charge in [0.05, 0.1) is 12.0 Å². The van der Waals surface area contributed by atoms with E-state index in [-0.39, 0.29) is 11.5 Å². The van der Waals surface area contributed by atoms with Crippen LogP contribution < -0.4 is 0 Å². The maximum absolute atomic E-state index is 9.36. The molecule has 0 bridgehead atoms. The Balaban J connectivity index is 2.23. The Kier molecular flexibility index (Phi) is 3.45. The third-order valence-electron chi connectivity index (χ3n) is 3.94. The number of hydrogen-bond acceptors (Lipinski definition) is 2. The maximum Gasteiger partial charge on any atom is 0.0676 e. The predicted octanol–water partition coefficient (Wildman–Crippen LogP) is 3.33. The van der Waals surface area contributed by atoms with Crippen molar-refractivity contribution >= 4 is 0 Å². The van der Waals surface area contributed by atoms with Gasteiger partial charge in [-0.2, -0.15) is 5.26 Å². The summed E-state index contributed by atoms with van der Waals surface area (Å²) in [6.45, 7) is 10.6. The minimum Gasteiger partial charge on any atom is -0.297 e. The summed E-state index contributed by atoms with van der Waals surface area (Å²) in [5.74, 6) is 0.474. The molecule has 0 aliphatic carbocycles. The highest BCUT2D eigenvalue weighted by atomic mass is 15.2. The van der Waals surface area contributed by atoms with Crippen LogP contribution in [0.5, 0.6) is 0 Å². The van der Waals surface area contributed by atoms with Crippen LogP contribution in [0.1, 0.15) is 37.8 Å². The maximum atomic E-state index is 9.36. The van der Waals surface area contributed by atoms with E-state index >= 15 is 0 Å². The van der Waals surface area contributed by atoms with Crippen LogP contribution in [0, 0.1) is 24.2 Å². The Morgan fingerprint density at radius 1 is 1.17 bits per heavy atom. The van der Waals surface area contributed by atoms with Crippen LogP contribution in [0.25, 0.3) is 0 Å². The second-order valence-corrected chi connectivity index (χ2v) is 6.33. The van der Waals surface area contributed by atoms with Crippen LogP contribution in [0.4, 0.5) is 0 Å². The Morgan fingerprint density at radius 2 is 1.78 bits per heavy atom. The Labute approximate surface area is 110 Å². The van der Waals surface area contributed by atoms with E-state index in [0.29, 0.717) is 5.92 Å². The molecule has 0 saturated carbocycles. The summed E-state index contributed by atoms with van der Waals surface area (Å²) >= 11 is 0. The van der Waals surface area contributed by atoms with Crippen molar-refractivity contribution in [3.8, 4) is 6.07 Å². The van der Waals surface area contributed by atoms with Crippen molar-refractivity contribution in [2.24, 2.45) is 5.92 Å². The summed E-state index contributed by atoms with van der Waals surface area (Å²) in [6, 6.07) is 11.1. The van der Waals surface area contributed by atoms with E-state index in [4.69, 9.17) is 0 Å². The van der Waals surface area contributed by atoms with Gasteiger partial charge in [0.25, 0.3) is 0 Å². The molecule has 0 aromatic heterocycles. The zero-order valence-electron chi connectivity index (χ0n) is 11.8. The number of rotatable bonds is 1. The fourth-order valence-electron chi connectivity index (χ4n) is 2.63.